The first-order valence-corrected chi connectivity index (χ1v) is 7.84. The molecule has 0 saturated carbocycles. The van der Waals surface area contributed by atoms with Crippen molar-refractivity contribution in [3.8, 4) is 0 Å². The lowest BCUT2D eigenvalue weighted by Crippen LogP contribution is -2.29. The Morgan fingerprint density at radius 2 is 2.00 bits per heavy atom. The van der Waals surface area contributed by atoms with Gasteiger partial charge >= 0.3 is 0 Å². The lowest BCUT2D eigenvalue weighted by molar-refractivity contribution is 0.500. The van der Waals surface area contributed by atoms with Gasteiger partial charge in [-0.2, -0.15) is 0 Å². The van der Waals surface area contributed by atoms with Gasteiger partial charge in [-0.1, -0.05) is 38.3 Å². The van der Waals surface area contributed by atoms with E-state index in [9.17, 15) is 4.79 Å². The molecule has 4 nitrogen and oxygen atoms in total. The van der Waals surface area contributed by atoms with Gasteiger partial charge in [0.1, 0.15) is 5.82 Å². The van der Waals surface area contributed by atoms with Crippen LogP contribution in [-0.2, 0) is 7.05 Å². The molecule has 0 fully saturated rings. The molecule has 0 amide bonds. The molecular formula is C17H25N3O. The van der Waals surface area contributed by atoms with Crippen molar-refractivity contribution in [3.63, 3.8) is 0 Å². The van der Waals surface area contributed by atoms with Gasteiger partial charge in [-0.15, -0.1) is 0 Å². The number of hydrogen-bond donors (Lipinski definition) is 1. The maximum atomic E-state index is 12.4. The summed E-state index contributed by atoms with van der Waals surface area (Å²) in [5.41, 5.74) is 0.797. The van der Waals surface area contributed by atoms with Crippen LogP contribution in [0.5, 0.6) is 0 Å². The van der Waals surface area contributed by atoms with E-state index in [0.717, 1.165) is 17.9 Å². The fourth-order valence-electron chi connectivity index (χ4n) is 2.58. The van der Waals surface area contributed by atoms with Gasteiger partial charge in [0.25, 0.3) is 5.56 Å². The fraction of sp³-hybridized carbons (Fsp3) is 0.529. The monoisotopic (exact) mass is 287 g/mol. The highest BCUT2D eigenvalue weighted by atomic mass is 16.1. The minimum Gasteiger partial charge on any atom is -0.308 e. The zero-order valence-corrected chi connectivity index (χ0v) is 13.2. The Labute approximate surface area is 126 Å². The van der Waals surface area contributed by atoms with Crippen LogP contribution in [-0.4, -0.2) is 16.1 Å². The molecule has 0 aliphatic heterocycles. The number of para-hydroxylation sites is 1. The highest BCUT2D eigenvalue weighted by molar-refractivity contribution is 5.77. The summed E-state index contributed by atoms with van der Waals surface area (Å²) in [4.78, 5) is 17.0. The Bertz CT molecular complexity index is 648. The van der Waals surface area contributed by atoms with Gasteiger partial charge < -0.3 is 5.32 Å². The molecule has 21 heavy (non-hydrogen) atoms. The Morgan fingerprint density at radius 1 is 1.24 bits per heavy atom. The number of hydrogen-bond acceptors (Lipinski definition) is 3. The van der Waals surface area contributed by atoms with Gasteiger partial charge in [-0.05, 0) is 32.0 Å². The van der Waals surface area contributed by atoms with Gasteiger partial charge in [0.2, 0.25) is 0 Å². The third-order valence-electron chi connectivity index (χ3n) is 3.89. The summed E-state index contributed by atoms with van der Waals surface area (Å²) in [6.07, 6.45) is 4.94. The molecule has 1 atom stereocenters. The van der Waals surface area contributed by atoms with E-state index in [1.54, 1.807) is 11.6 Å². The molecule has 1 unspecified atom stereocenters. The maximum Gasteiger partial charge on any atom is 0.261 e. The molecule has 0 aliphatic rings. The minimum absolute atomic E-state index is 0.0234. The van der Waals surface area contributed by atoms with E-state index in [-0.39, 0.29) is 11.6 Å². The summed E-state index contributed by atoms with van der Waals surface area (Å²) >= 11 is 0. The zero-order valence-electron chi connectivity index (χ0n) is 13.2. The van der Waals surface area contributed by atoms with Crippen molar-refractivity contribution in [2.75, 3.05) is 6.54 Å². The SMILES string of the molecule is CCCCCCNC(C)c1nc2ccccc2c(=O)n1C. The predicted molar refractivity (Wildman–Crippen MR) is 87.5 cm³/mol. The van der Waals surface area contributed by atoms with Crippen LogP contribution >= 0.6 is 0 Å². The normalized spacial score (nSPS) is 12.7. The van der Waals surface area contributed by atoms with E-state index in [1.807, 2.05) is 24.3 Å². The van der Waals surface area contributed by atoms with E-state index >= 15 is 0 Å². The second-order valence-electron chi connectivity index (χ2n) is 5.59. The summed E-state index contributed by atoms with van der Waals surface area (Å²) in [6, 6.07) is 7.60. The van der Waals surface area contributed by atoms with Crippen LogP contribution in [0.3, 0.4) is 0 Å². The third-order valence-corrected chi connectivity index (χ3v) is 3.89. The average Bonchev–Trinajstić information content (AvgIpc) is 2.50. The summed E-state index contributed by atoms with van der Waals surface area (Å²) in [6.45, 7) is 5.24. The lowest BCUT2D eigenvalue weighted by Gasteiger charge is -2.17. The maximum absolute atomic E-state index is 12.4. The molecule has 1 aromatic carbocycles. The Hall–Kier alpha value is -1.68. The Morgan fingerprint density at radius 3 is 2.76 bits per heavy atom. The zero-order chi connectivity index (χ0) is 15.2. The fourth-order valence-corrected chi connectivity index (χ4v) is 2.58. The smallest absolute Gasteiger partial charge is 0.261 e. The first kappa shape index (κ1) is 15.7. The number of nitrogens with zero attached hydrogens (tertiary/aromatic N) is 2. The van der Waals surface area contributed by atoms with E-state index in [4.69, 9.17) is 0 Å². The molecule has 1 heterocycles. The molecular weight excluding hydrogens is 262 g/mol. The van der Waals surface area contributed by atoms with E-state index in [2.05, 4.69) is 24.1 Å². The molecule has 1 aromatic heterocycles. The first-order chi connectivity index (χ1) is 10.1. The highest BCUT2D eigenvalue weighted by Gasteiger charge is 2.13. The van der Waals surface area contributed by atoms with Crippen LogP contribution in [0.25, 0.3) is 10.9 Å². The van der Waals surface area contributed by atoms with Gasteiger partial charge in [0.05, 0.1) is 16.9 Å². The average molecular weight is 287 g/mol. The minimum atomic E-state index is 0.0234. The van der Waals surface area contributed by atoms with Crippen molar-refractivity contribution < 1.29 is 0 Å². The van der Waals surface area contributed by atoms with Crippen molar-refractivity contribution in [2.24, 2.45) is 7.05 Å². The molecule has 0 bridgehead atoms. The van der Waals surface area contributed by atoms with Gasteiger partial charge in [0.15, 0.2) is 0 Å². The third kappa shape index (κ3) is 3.70. The molecule has 2 rings (SSSR count). The van der Waals surface area contributed by atoms with Crippen molar-refractivity contribution in [1.29, 1.82) is 0 Å². The molecule has 114 valence electrons. The standard InChI is InChI=1S/C17H25N3O/c1-4-5-6-9-12-18-13(2)16-19-15-11-8-7-10-14(15)17(21)20(16)3/h7-8,10-11,13,18H,4-6,9,12H2,1-3H3. The first-order valence-electron chi connectivity index (χ1n) is 7.84. The molecule has 0 aliphatic carbocycles. The van der Waals surface area contributed by atoms with Crippen LogP contribution in [0, 0.1) is 0 Å². The number of unbranched alkanes of at least 4 members (excludes halogenated alkanes) is 3. The number of benzene rings is 1. The molecule has 4 heteroatoms. The number of rotatable bonds is 7. The van der Waals surface area contributed by atoms with Crippen molar-refractivity contribution in [3.05, 3.63) is 40.4 Å². The Kier molecular flexibility index (Phi) is 5.51. The van der Waals surface area contributed by atoms with Crippen LogP contribution in [0.15, 0.2) is 29.1 Å². The summed E-state index contributed by atoms with van der Waals surface area (Å²) in [5, 5.41) is 4.15. The predicted octanol–water partition coefficient (Wildman–Crippen LogP) is 3.16. The van der Waals surface area contributed by atoms with E-state index < -0.39 is 0 Å². The molecule has 0 spiro atoms. The Balaban J connectivity index is 2.14. The summed E-state index contributed by atoms with van der Waals surface area (Å²) in [7, 11) is 1.80. The van der Waals surface area contributed by atoms with Gasteiger partial charge in [-0.3, -0.25) is 9.36 Å². The quantitative estimate of drug-likeness (QED) is 0.796. The highest BCUT2D eigenvalue weighted by Crippen LogP contribution is 2.12. The molecule has 1 N–H and O–H groups in total. The van der Waals surface area contributed by atoms with Crippen LogP contribution < -0.4 is 10.9 Å². The van der Waals surface area contributed by atoms with Gasteiger partial charge in [0, 0.05) is 7.05 Å². The van der Waals surface area contributed by atoms with Crippen molar-refractivity contribution in [2.45, 2.75) is 45.6 Å². The molecule has 0 saturated heterocycles. The second-order valence-corrected chi connectivity index (χ2v) is 5.59. The van der Waals surface area contributed by atoms with Crippen LogP contribution in [0.4, 0.5) is 0 Å². The summed E-state index contributed by atoms with van der Waals surface area (Å²) < 4.78 is 1.66. The van der Waals surface area contributed by atoms with Gasteiger partial charge in [-0.25, -0.2) is 4.98 Å². The largest absolute Gasteiger partial charge is 0.308 e. The number of nitrogens with one attached hydrogen (secondary N) is 1. The molecule has 0 radical (unpaired) electrons. The number of fused-ring (bicyclic) bond motifs is 1. The topological polar surface area (TPSA) is 46.9 Å². The lowest BCUT2D eigenvalue weighted by atomic mass is 10.2. The number of aromatic nitrogens is 2. The van der Waals surface area contributed by atoms with E-state index in [1.165, 1.54) is 25.7 Å². The van der Waals surface area contributed by atoms with E-state index in [0.29, 0.717) is 5.39 Å². The molecule has 2 aromatic rings. The van der Waals surface area contributed by atoms with Crippen molar-refractivity contribution in [1.82, 2.24) is 14.9 Å². The summed E-state index contributed by atoms with van der Waals surface area (Å²) in [5.74, 6) is 0.800. The van der Waals surface area contributed by atoms with Crippen LogP contribution in [0.1, 0.15) is 51.4 Å². The van der Waals surface area contributed by atoms with Crippen molar-refractivity contribution >= 4 is 10.9 Å². The second kappa shape index (κ2) is 7.36. The van der Waals surface area contributed by atoms with Crippen LogP contribution in [0.2, 0.25) is 0 Å².